The Labute approximate surface area is 262 Å². The second-order valence-corrected chi connectivity index (χ2v) is 12.9. The molecule has 1 N–H and O–H groups in total. The van der Waals surface area contributed by atoms with Crippen LogP contribution in [0, 0.1) is 0 Å². The van der Waals surface area contributed by atoms with Crippen molar-refractivity contribution >= 4 is 39.9 Å². The minimum Gasteiger partial charge on any atom is -0.331 e. The molecule has 0 saturated carbocycles. The Morgan fingerprint density at radius 3 is 2.70 bits per heavy atom. The number of hydrogen-bond donors (Lipinski definition) is 1. The van der Waals surface area contributed by atoms with Gasteiger partial charge in [-0.3, -0.25) is 14.9 Å². The highest BCUT2D eigenvalue weighted by Crippen LogP contribution is 2.40. The molecule has 2 aromatic heterocycles. The zero-order chi connectivity index (χ0) is 30.5. The van der Waals surface area contributed by atoms with E-state index in [1.807, 2.05) is 30.3 Å². The van der Waals surface area contributed by atoms with Crippen molar-refractivity contribution in [3.05, 3.63) is 87.4 Å². The van der Waals surface area contributed by atoms with Gasteiger partial charge in [0.1, 0.15) is 12.3 Å². The summed E-state index contributed by atoms with van der Waals surface area (Å²) >= 11 is 8.04. The third kappa shape index (κ3) is 5.20. The lowest BCUT2D eigenvalue weighted by molar-refractivity contribution is -0.121. The van der Waals surface area contributed by atoms with Crippen molar-refractivity contribution in [2.45, 2.75) is 57.2 Å². The maximum Gasteiger partial charge on any atom is 0.255 e. The highest BCUT2D eigenvalue weighted by Gasteiger charge is 2.42. The number of nitrogens with one attached hydrogen (secondary N) is 1. The van der Waals surface area contributed by atoms with E-state index in [9.17, 15) is 18.4 Å². The average molecular weight is 637 g/mol. The molecule has 4 aromatic rings. The summed E-state index contributed by atoms with van der Waals surface area (Å²) in [5, 5.41) is 5.34. The second-order valence-electron chi connectivity index (χ2n) is 11.6. The topological polar surface area (TPSA) is 83.4 Å². The van der Waals surface area contributed by atoms with Gasteiger partial charge in [-0.15, -0.1) is 11.3 Å². The van der Waals surface area contributed by atoms with Crippen LogP contribution in [0.1, 0.15) is 58.2 Å². The molecule has 8 nitrogen and oxygen atoms in total. The summed E-state index contributed by atoms with van der Waals surface area (Å²) in [5.74, 6) is -0.984. The lowest BCUT2D eigenvalue weighted by Gasteiger charge is -2.34. The van der Waals surface area contributed by atoms with Crippen molar-refractivity contribution in [3.8, 4) is 11.1 Å². The van der Waals surface area contributed by atoms with E-state index in [4.69, 9.17) is 11.6 Å². The number of benzene rings is 2. The molecular weight excluding hydrogens is 606 g/mol. The predicted molar refractivity (Wildman–Crippen MR) is 165 cm³/mol. The zero-order valence-corrected chi connectivity index (χ0v) is 25.6. The van der Waals surface area contributed by atoms with Crippen molar-refractivity contribution in [2.24, 2.45) is 0 Å². The van der Waals surface area contributed by atoms with E-state index in [0.717, 1.165) is 36.2 Å². The molecule has 1 fully saturated rings. The molecule has 44 heavy (non-hydrogen) atoms. The van der Waals surface area contributed by atoms with Crippen LogP contribution in [0.25, 0.3) is 11.1 Å². The van der Waals surface area contributed by atoms with Gasteiger partial charge in [-0.05, 0) is 48.3 Å². The summed E-state index contributed by atoms with van der Waals surface area (Å²) in [6.45, 7) is 4.48. The summed E-state index contributed by atoms with van der Waals surface area (Å²) < 4.78 is 31.0. The number of likely N-dealkylation sites (tertiary alicyclic amines) is 1. The van der Waals surface area contributed by atoms with Gasteiger partial charge in [-0.25, -0.2) is 18.7 Å². The molecule has 0 bridgehead atoms. The summed E-state index contributed by atoms with van der Waals surface area (Å²) in [5.41, 5.74) is 4.53. The Balaban J connectivity index is 1.18. The van der Waals surface area contributed by atoms with Crippen molar-refractivity contribution in [1.82, 2.24) is 24.3 Å². The van der Waals surface area contributed by atoms with Crippen LogP contribution in [-0.4, -0.2) is 68.1 Å². The molecule has 0 spiro atoms. The zero-order valence-electron chi connectivity index (χ0n) is 24.1. The van der Waals surface area contributed by atoms with Crippen LogP contribution in [0.3, 0.4) is 0 Å². The minimum absolute atomic E-state index is 0.0991. The third-order valence-electron chi connectivity index (χ3n) is 9.03. The number of nitrogens with zero attached hydrogens (tertiary/aromatic N) is 5. The van der Waals surface area contributed by atoms with E-state index in [1.165, 1.54) is 22.6 Å². The second kappa shape index (κ2) is 11.7. The maximum absolute atomic E-state index is 14.9. The summed E-state index contributed by atoms with van der Waals surface area (Å²) in [6.07, 6.45) is 1.99. The number of rotatable bonds is 7. The van der Waals surface area contributed by atoms with Crippen LogP contribution in [0.4, 0.5) is 13.9 Å². The van der Waals surface area contributed by atoms with Crippen LogP contribution >= 0.6 is 22.9 Å². The fourth-order valence-corrected chi connectivity index (χ4v) is 7.52. The fourth-order valence-electron chi connectivity index (χ4n) is 6.70. The molecule has 0 radical (unpaired) electrons. The van der Waals surface area contributed by atoms with Gasteiger partial charge in [0, 0.05) is 58.8 Å². The van der Waals surface area contributed by atoms with Gasteiger partial charge in [0.05, 0.1) is 18.6 Å². The fraction of sp³-hybridized carbons (Fsp3) is 0.375. The number of alkyl halides is 2. The molecule has 1 unspecified atom stereocenters. The van der Waals surface area contributed by atoms with E-state index in [0.29, 0.717) is 39.2 Å². The number of aromatic nitrogens is 3. The highest BCUT2D eigenvalue weighted by molar-refractivity contribution is 7.13. The first-order chi connectivity index (χ1) is 21.3. The molecule has 4 atom stereocenters. The van der Waals surface area contributed by atoms with Gasteiger partial charge in [0.25, 0.3) is 11.8 Å². The molecule has 1 saturated heterocycles. The first-order valence-corrected chi connectivity index (χ1v) is 16.0. The number of fused-ring (bicyclic) bond motifs is 2. The molecule has 2 amide bonds. The number of amides is 2. The molecule has 7 rings (SSSR count). The van der Waals surface area contributed by atoms with E-state index in [1.54, 1.807) is 22.2 Å². The van der Waals surface area contributed by atoms with Gasteiger partial charge in [0.2, 0.25) is 0 Å². The smallest absolute Gasteiger partial charge is 0.255 e. The minimum atomic E-state index is -1.10. The quantitative estimate of drug-likeness (QED) is 0.268. The molecule has 2 aromatic carbocycles. The van der Waals surface area contributed by atoms with Gasteiger partial charge in [-0.1, -0.05) is 42.8 Å². The number of carbonyl (C=O) groups is 2. The molecule has 12 heteroatoms. The van der Waals surface area contributed by atoms with Crippen LogP contribution in [0.5, 0.6) is 0 Å². The Bertz CT molecular complexity index is 1710. The Morgan fingerprint density at radius 2 is 1.98 bits per heavy atom. The lowest BCUT2D eigenvalue weighted by Crippen LogP contribution is -2.40. The number of halogens is 3. The number of carbonyl (C=O) groups excluding carboxylic acids is 2. The predicted octanol–water partition coefficient (Wildman–Crippen LogP) is 6.04. The number of thiazole rings is 1. The van der Waals surface area contributed by atoms with Crippen molar-refractivity contribution in [2.75, 3.05) is 25.0 Å². The molecule has 5 heterocycles. The lowest BCUT2D eigenvalue weighted by atomic mass is 9.87. The van der Waals surface area contributed by atoms with Gasteiger partial charge >= 0.3 is 0 Å². The van der Waals surface area contributed by atoms with E-state index in [-0.39, 0.29) is 31.3 Å². The molecule has 3 aliphatic rings. The first kappa shape index (κ1) is 29.1. The SMILES string of the molecule is CCN1CC[C@@H](c2ccc(-c3cc(Cl)c4c(c3)C(=O)N(C(C(=O)Nc3nccs3)c3ncn5c3C[C@@H](F)C5)C4)cc2)[C@H](F)C1. The summed E-state index contributed by atoms with van der Waals surface area (Å²) in [4.78, 5) is 39.9. The van der Waals surface area contributed by atoms with E-state index in [2.05, 4.69) is 27.1 Å². The largest absolute Gasteiger partial charge is 0.331 e. The number of anilines is 1. The van der Waals surface area contributed by atoms with E-state index >= 15 is 0 Å². The normalized spacial score (nSPS) is 22.2. The van der Waals surface area contributed by atoms with Gasteiger partial charge in [-0.2, -0.15) is 0 Å². The van der Waals surface area contributed by atoms with Crippen molar-refractivity contribution < 1.29 is 18.4 Å². The van der Waals surface area contributed by atoms with Crippen LogP contribution < -0.4 is 5.32 Å². The first-order valence-electron chi connectivity index (χ1n) is 14.8. The van der Waals surface area contributed by atoms with E-state index < -0.39 is 24.3 Å². The average Bonchev–Trinajstić information content (AvgIpc) is 3.81. The van der Waals surface area contributed by atoms with Crippen LogP contribution in [0.2, 0.25) is 5.02 Å². The third-order valence-corrected chi connectivity index (χ3v) is 10.1. The number of piperidine rings is 1. The maximum atomic E-state index is 14.9. The summed E-state index contributed by atoms with van der Waals surface area (Å²) in [6, 6.07) is 10.3. The number of hydrogen-bond acceptors (Lipinski definition) is 6. The Kier molecular flexibility index (Phi) is 7.72. The standard InChI is InChI=1S/C32H31ClF2N6O2S/c1-2-39-9-7-22(26(35)16-39)19-5-3-18(4-6-19)20-11-23-24(25(33)12-20)15-41(31(23)43)29(30(42)38-32-36-8-10-44-32)28-27-13-21(34)14-40(27)17-37-28/h3-6,8,10-12,17,21-22,26,29H,2,7,9,13-16H2,1H3,(H,36,38,42)/t21-,22+,26-,29?/m1/s1. The molecule has 3 aliphatic heterocycles. The Hall–Kier alpha value is -3.67. The monoisotopic (exact) mass is 636 g/mol. The van der Waals surface area contributed by atoms with Crippen molar-refractivity contribution in [1.29, 1.82) is 0 Å². The number of imidazole rings is 1. The van der Waals surface area contributed by atoms with Crippen LogP contribution in [0.15, 0.2) is 54.3 Å². The summed E-state index contributed by atoms with van der Waals surface area (Å²) in [7, 11) is 0. The van der Waals surface area contributed by atoms with Gasteiger partial charge in [0.15, 0.2) is 11.2 Å². The molecular formula is C32H31ClF2N6O2S. The highest BCUT2D eigenvalue weighted by atomic mass is 35.5. The van der Waals surface area contributed by atoms with Crippen LogP contribution in [-0.2, 0) is 24.3 Å². The van der Waals surface area contributed by atoms with Crippen molar-refractivity contribution in [3.63, 3.8) is 0 Å². The van der Waals surface area contributed by atoms with Gasteiger partial charge < -0.3 is 14.4 Å². The molecule has 0 aliphatic carbocycles. The Morgan fingerprint density at radius 1 is 1.16 bits per heavy atom. The molecule has 228 valence electrons.